The van der Waals surface area contributed by atoms with Crippen molar-refractivity contribution in [2.24, 2.45) is 0 Å². The molecule has 0 atom stereocenters. The number of rotatable bonds is 5. The van der Waals surface area contributed by atoms with E-state index in [-0.39, 0.29) is 11.4 Å². The third kappa shape index (κ3) is 3.43. The quantitative estimate of drug-likeness (QED) is 0.823. The van der Waals surface area contributed by atoms with Crippen LogP contribution in [0.1, 0.15) is 5.56 Å². The van der Waals surface area contributed by atoms with Gasteiger partial charge in [-0.25, -0.2) is 17.5 Å². The van der Waals surface area contributed by atoms with Crippen LogP contribution in [-0.2, 0) is 10.0 Å². The molecule has 0 fully saturated rings. The number of nitriles is 1. The number of halogens is 1. The molecule has 0 spiro atoms. The number of thioether (sulfide) groups is 1. The van der Waals surface area contributed by atoms with Crippen molar-refractivity contribution < 1.29 is 12.8 Å². The van der Waals surface area contributed by atoms with Gasteiger partial charge in [0.05, 0.1) is 0 Å². The summed E-state index contributed by atoms with van der Waals surface area (Å²) >= 11 is 1.48. The van der Waals surface area contributed by atoms with Crippen LogP contribution in [0.4, 0.5) is 4.39 Å². The Hall–Kier alpha value is -1.10. The normalized spacial score (nSPS) is 11.1. The molecule has 0 saturated carbocycles. The van der Waals surface area contributed by atoms with Gasteiger partial charge in [-0.05, 0) is 18.4 Å². The monoisotopic (exact) mass is 274 g/mol. The average Bonchev–Trinajstić information content (AvgIpc) is 2.29. The molecule has 1 aromatic rings. The van der Waals surface area contributed by atoms with Crippen molar-refractivity contribution in [2.75, 3.05) is 18.6 Å². The van der Waals surface area contributed by atoms with Gasteiger partial charge in [-0.2, -0.15) is 17.0 Å². The van der Waals surface area contributed by atoms with Crippen LogP contribution in [0, 0.1) is 17.1 Å². The Morgan fingerprint density at radius 1 is 1.53 bits per heavy atom. The lowest BCUT2D eigenvalue weighted by Gasteiger charge is -2.07. The van der Waals surface area contributed by atoms with Crippen LogP contribution in [0.3, 0.4) is 0 Å². The first-order valence-electron chi connectivity index (χ1n) is 4.70. The molecule has 0 amide bonds. The largest absolute Gasteiger partial charge is 0.242 e. The molecule has 0 radical (unpaired) electrons. The van der Waals surface area contributed by atoms with Gasteiger partial charge in [-0.3, -0.25) is 0 Å². The molecule has 0 bridgehead atoms. The van der Waals surface area contributed by atoms with Crippen molar-refractivity contribution in [3.63, 3.8) is 0 Å². The first-order chi connectivity index (χ1) is 8.03. The number of benzene rings is 1. The van der Waals surface area contributed by atoms with E-state index in [0.717, 1.165) is 6.07 Å². The van der Waals surface area contributed by atoms with Gasteiger partial charge in [-0.15, -0.1) is 0 Å². The Balaban J connectivity index is 3.08. The second kappa shape index (κ2) is 6.00. The van der Waals surface area contributed by atoms with E-state index in [0.29, 0.717) is 5.75 Å². The molecule has 17 heavy (non-hydrogen) atoms. The molecule has 1 aromatic carbocycles. The maximum atomic E-state index is 13.3. The van der Waals surface area contributed by atoms with E-state index in [1.807, 2.05) is 6.26 Å². The summed E-state index contributed by atoms with van der Waals surface area (Å²) in [4.78, 5) is -0.318. The van der Waals surface area contributed by atoms with Crippen molar-refractivity contribution in [3.05, 3.63) is 29.6 Å². The van der Waals surface area contributed by atoms with E-state index in [4.69, 9.17) is 5.26 Å². The van der Waals surface area contributed by atoms with Crippen molar-refractivity contribution in [3.8, 4) is 6.07 Å². The molecule has 0 aliphatic rings. The Labute approximate surface area is 104 Å². The second-order valence-corrected chi connectivity index (χ2v) is 5.84. The fourth-order valence-corrected chi connectivity index (χ4v) is 2.82. The van der Waals surface area contributed by atoms with E-state index in [9.17, 15) is 12.8 Å². The minimum absolute atomic E-state index is 0.241. The molecule has 0 saturated heterocycles. The number of sulfonamides is 1. The summed E-state index contributed by atoms with van der Waals surface area (Å²) in [5.41, 5.74) is -0.454. The third-order valence-corrected chi connectivity index (χ3v) is 4.09. The Morgan fingerprint density at radius 3 is 2.82 bits per heavy atom. The maximum absolute atomic E-state index is 13.3. The fourth-order valence-electron chi connectivity index (χ4n) is 1.19. The molecule has 92 valence electrons. The van der Waals surface area contributed by atoms with Crippen LogP contribution in [0.2, 0.25) is 0 Å². The summed E-state index contributed by atoms with van der Waals surface area (Å²) in [5.74, 6) is -0.226. The van der Waals surface area contributed by atoms with Gasteiger partial charge >= 0.3 is 0 Å². The van der Waals surface area contributed by atoms with Crippen LogP contribution in [0.5, 0.6) is 0 Å². The predicted molar refractivity (Wildman–Crippen MR) is 64.7 cm³/mol. The van der Waals surface area contributed by atoms with E-state index < -0.39 is 21.4 Å². The summed E-state index contributed by atoms with van der Waals surface area (Å²) in [6.45, 7) is 0.241. The maximum Gasteiger partial charge on any atom is 0.242 e. The van der Waals surface area contributed by atoms with Crippen LogP contribution in [-0.4, -0.2) is 27.0 Å². The van der Waals surface area contributed by atoms with Crippen LogP contribution in [0.15, 0.2) is 23.1 Å². The molecular weight excluding hydrogens is 263 g/mol. The summed E-state index contributed by atoms with van der Waals surface area (Å²) in [5, 5.41) is 8.75. The molecular formula is C10H11FN2O2S2. The van der Waals surface area contributed by atoms with E-state index in [1.54, 1.807) is 6.07 Å². The van der Waals surface area contributed by atoms with Gasteiger partial charge in [0.1, 0.15) is 22.3 Å². The molecule has 7 heteroatoms. The van der Waals surface area contributed by atoms with Crippen LogP contribution >= 0.6 is 11.8 Å². The predicted octanol–water partition coefficient (Wildman–Crippen LogP) is 1.34. The second-order valence-electron chi connectivity index (χ2n) is 3.12. The van der Waals surface area contributed by atoms with E-state index >= 15 is 0 Å². The van der Waals surface area contributed by atoms with Crippen molar-refractivity contribution in [1.29, 1.82) is 5.26 Å². The molecule has 0 aliphatic carbocycles. The molecule has 0 heterocycles. The number of hydrogen-bond donors (Lipinski definition) is 1. The first-order valence-corrected chi connectivity index (χ1v) is 7.58. The van der Waals surface area contributed by atoms with Crippen molar-refractivity contribution >= 4 is 21.8 Å². The zero-order valence-corrected chi connectivity index (χ0v) is 10.7. The molecule has 0 aliphatic heterocycles. The minimum atomic E-state index is -3.82. The highest BCUT2D eigenvalue weighted by Gasteiger charge is 2.20. The van der Waals surface area contributed by atoms with Gasteiger partial charge in [-0.1, -0.05) is 6.07 Å². The molecule has 1 N–H and O–H groups in total. The van der Waals surface area contributed by atoms with E-state index in [2.05, 4.69) is 4.72 Å². The van der Waals surface area contributed by atoms with E-state index in [1.165, 1.54) is 23.9 Å². The molecule has 1 rings (SSSR count). The standard InChI is InChI=1S/C10H11FN2O2S2/c1-16-6-5-13-17(14,15)10-4-2-3-9(11)8(10)7-12/h2-4,13H,5-6H2,1H3. The Kier molecular flexibility index (Phi) is 4.93. The molecule has 4 nitrogen and oxygen atoms in total. The topological polar surface area (TPSA) is 70.0 Å². The lowest BCUT2D eigenvalue weighted by atomic mass is 10.2. The zero-order valence-electron chi connectivity index (χ0n) is 9.10. The summed E-state index contributed by atoms with van der Waals surface area (Å²) in [6.07, 6.45) is 1.84. The zero-order chi connectivity index (χ0) is 12.9. The van der Waals surface area contributed by atoms with Crippen molar-refractivity contribution in [2.45, 2.75) is 4.90 Å². The lowest BCUT2D eigenvalue weighted by Crippen LogP contribution is -2.26. The molecule has 0 unspecified atom stereocenters. The number of nitrogens with one attached hydrogen (secondary N) is 1. The summed E-state index contributed by atoms with van der Waals surface area (Å²) in [6, 6.07) is 5.09. The van der Waals surface area contributed by atoms with Gasteiger partial charge in [0.25, 0.3) is 0 Å². The van der Waals surface area contributed by atoms with Crippen molar-refractivity contribution in [1.82, 2.24) is 4.72 Å². The van der Waals surface area contributed by atoms with Gasteiger partial charge < -0.3 is 0 Å². The lowest BCUT2D eigenvalue weighted by molar-refractivity contribution is 0.579. The summed E-state index contributed by atoms with van der Waals surface area (Å²) < 4.78 is 39.2. The fraction of sp³-hybridized carbons (Fsp3) is 0.300. The highest BCUT2D eigenvalue weighted by atomic mass is 32.2. The Morgan fingerprint density at radius 2 is 2.24 bits per heavy atom. The van der Waals surface area contributed by atoms with Gasteiger partial charge in [0.2, 0.25) is 10.0 Å². The minimum Gasteiger partial charge on any atom is -0.210 e. The Bertz CT molecular complexity index is 538. The molecule has 0 aromatic heterocycles. The smallest absolute Gasteiger partial charge is 0.210 e. The first kappa shape index (κ1) is 14.0. The van der Waals surface area contributed by atoms with Crippen LogP contribution in [0.25, 0.3) is 0 Å². The number of hydrogen-bond acceptors (Lipinski definition) is 4. The SMILES string of the molecule is CSCCNS(=O)(=O)c1cccc(F)c1C#N. The van der Waals surface area contributed by atoms with Gasteiger partial charge in [0.15, 0.2) is 0 Å². The average molecular weight is 274 g/mol. The van der Waals surface area contributed by atoms with Gasteiger partial charge in [0, 0.05) is 12.3 Å². The highest BCUT2D eigenvalue weighted by molar-refractivity contribution is 7.98. The highest BCUT2D eigenvalue weighted by Crippen LogP contribution is 2.17. The van der Waals surface area contributed by atoms with Crippen LogP contribution < -0.4 is 4.72 Å². The number of nitrogens with zero attached hydrogens (tertiary/aromatic N) is 1. The summed E-state index contributed by atoms with van der Waals surface area (Å²) in [7, 11) is -3.82. The third-order valence-electron chi connectivity index (χ3n) is 1.97.